The first kappa shape index (κ1) is 19.2. The molecule has 0 aromatic heterocycles. The summed E-state index contributed by atoms with van der Waals surface area (Å²) in [6, 6.07) is 6.18. The van der Waals surface area contributed by atoms with Crippen LogP contribution in [0, 0.1) is 0 Å². The number of nitrogens with one attached hydrogen (secondary N) is 2. The summed E-state index contributed by atoms with van der Waals surface area (Å²) >= 11 is 0. The largest absolute Gasteiger partial charge is 0.497 e. The molecule has 26 heavy (non-hydrogen) atoms. The molecule has 0 atom stereocenters. The molecule has 5 amide bonds. The van der Waals surface area contributed by atoms with Gasteiger partial charge in [0.1, 0.15) is 17.8 Å². The first-order chi connectivity index (χ1) is 12.1. The topological polar surface area (TPSA) is 108 Å². The number of nitrogens with zero attached hydrogens (tertiary/aromatic N) is 2. The molecular formula is C17H22N4O5. The Balaban J connectivity index is 1.91. The van der Waals surface area contributed by atoms with E-state index in [1.54, 1.807) is 38.1 Å². The van der Waals surface area contributed by atoms with Crippen LogP contribution in [-0.2, 0) is 14.4 Å². The number of amides is 5. The Hall–Kier alpha value is -3.10. The number of carbonyl (C=O) groups is 4. The second kappa shape index (κ2) is 7.42. The van der Waals surface area contributed by atoms with Crippen LogP contribution in [0.4, 0.5) is 10.5 Å². The van der Waals surface area contributed by atoms with Crippen LogP contribution in [0.15, 0.2) is 24.3 Å². The molecule has 2 rings (SSSR count). The van der Waals surface area contributed by atoms with Gasteiger partial charge in [-0.15, -0.1) is 0 Å². The maximum atomic E-state index is 12.2. The minimum Gasteiger partial charge on any atom is -0.497 e. The average molecular weight is 362 g/mol. The third-order valence-corrected chi connectivity index (χ3v) is 3.90. The van der Waals surface area contributed by atoms with E-state index in [1.807, 2.05) is 0 Å². The second-order valence-electron chi connectivity index (χ2n) is 6.48. The van der Waals surface area contributed by atoms with E-state index in [1.165, 1.54) is 14.2 Å². The van der Waals surface area contributed by atoms with Gasteiger partial charge in [-0.2, -0.15) is 0 Å². The molecular weight excluding hydrogens is 340 g/mol. The van der Waals surface area contributed by atoms with E-state index in [2.05, 4.69) is 10.6 Å². The van der Waals surface area contributed by atoms with Crippen LogP contribution in [0.1, 0.15) is 13.8 Å². The molecule has 0 aliphatic carbocycles. The van der Waals surface area contributed by atoms with Crippen molar-refractivity contribution in [1.29, 1.82) is 0 Å². The SMILES string of the molecule is COc1cccc(NC(=O)CN(C)C(=O)CN2C(=O)NC(C)(C)C2=O)c1. The molecule has 1 heterocycles. The lowest BCUT2D eigenvalue weighted by Crippen LogP contribution is -2.45. The number of hydrogen-bond donors (Lipinski definition) is 2. The first-order valence-electron chi connectivity index (χ1n) is 7.96. The number of carbonyl (C=O) groups excluding carboxylic acids is 4. The van der Waals surface area contributed by atoms with Crippen molar-refractivity contribution in [2.24, 2.45) is 0 Å². The highest BCUT2D eigenvalue weighted by atomic mass is 16.5. The van der Waals surface area contributed by atoms with E-state index in [4.69, 9.17) is 4.74 Å². The van der Waals surface area contributed by atoms with E-state index >= 15 is 0 Å². The summed E-state index contributed by atoms with van der Waals surface area (Å²) in [5.74, 6) is -0.822. The molecule has 0 saturated carbocycles. The summed E-state index contributed by atoms with van der Waals surface area (Å²) in [6.45, 7) is 2.48. The fourth-order valence-electron chi connectivity index (χ4n) is 2.42. The lowest BCUT2D eigenvalue weighted by Gasteiger charge is -2.20. The maximum absolute atomic E-state index is 12.2. The van der Waals surface area contributed by atoms with Crippen LogP contribution in [0.25, 0.3) is 0 Å². The molecule has 9 nitrogen and oxygen atoms in total. The predicted molar refractivity (Wildman–Crippen MR) is 93.6 cm³/mol. The highest BCUT2D eigenvalue weighted by Gasteiger charge is 2.45. The van der Waals surface area contributed by atoms with Gasteiger partial charge in [0.2, 0.25) is 11.8 Å². The summed E-state index contributed by atoms with van der Waals surface area (Å²) in [5, 5.41) is 5.15. The molecule has 2 N–H and O–H groups in total. The Morgan fingerprint density at radius 2 is 2.00 bits per heavy atom. The number of likely N-dealkylation sites (N-methyl/N-ethyl adjacent to an activating group) is 1. The third-order valence-electron chi connectivity index (χ3n) is 3.90. The van der Waals surface area contributed by atoms with Gasteiger partial charge in [0.15, 0.2) is 0 Å². The van der Waals surface area contributed by atoms with Gasteiger partial charge in [-0.25, -0.2) is 4.79 Å². The van der Waals surface area contributed by atoms with Crippen molar-refractivity contribution >= 4 is 29.4 Å². The Bertz CT molecular complexity index is 746. The fraction of sp³-hybridized carbons (Fsp3) is 0.412. The van der Waals surface area contributed by atoms with E-state index in [0.717, 1.165) is 9.80 Å². The number of urea groups is 1. The van der Waals surface area contributed by atoms with Crippen molar-refractivity contribution in [3.05, 3.63) is 24.3 Å². The molecule has 140 valence electrons. The molecule has 1 aromatic rings. The Labute approximate surface area is 151 Å². The van der Waals surface area contributed by atoms with Gasteiger partial charge in [-0.3, -0.25) is 19.3 Å². The molecule has 0 bridgehead atoms. The molecule has 1 fully saturated rings. The smallest absolute Gasteiger partial charge is 0.325 e. The molecule has 0 unspecified atom stereocenters. The van der Waals surface area contributed by atoms with Crippen LogP contribution in [0.5, 0.6) is 5.75 Å². The van der Waals surface area contributed by atoms with Crippen LogP contribution in [0.3, 0.4) is 0 Å². The van der Waals surface area contributed by atoms with Crippen molar-refractivity contribution < 1.29 is 23.9 Å². The van der Waals surface area contributed by atoms with Crippen molar-refractivity contribution in [2.45, 2.75) is 19.4 Å². The number of rotatable bonds is 6. The second-order valence-corrected chi connectivity index (χ2v) is 6.48. The summed E-state index contributed by atoms with van der Waals surface area (Å²) in [4.78, 5) is 50.2. The van der Waals surface area contributed by atoms with Crippen LogP contribution < -0.4 is 15.4 Å². The predicted octanol–water partition coefficient (Wildman–Crippen LogP) is 0.423. The lowest BCUT2D eigenvalue weighted by molar-refractivity contribution is -0.138. The quantitative estimate of drug-likeness (QED) is 0.713. The van der Waals surface area contributed by atoms with Crippen LogP contribution >= 0.6 is 0 Å². The zero-order valence-electron chi connectivity index (χ0n) is 15.2. The van der Waals surface area contributed by atoms with Gasteiger partial charge in [0.25, 0.3) is 5.91 Å². The normalized spacial score (nSPS) is 15.5. The van der Waals surface area contributed by atoms with Gasteiger partial charge in [0.05, 0.1) is 13.7 Å². The van der Waals surface area contributed by atoms with E-state index in [9.17, 15) is 19.2 Å². The van der Waals surface area contributed by atoms with Crippen molar-refractivity contribution in [3.8, 4) is 5.75 Å². The first-order valence-corrected chi connectivity index (χ1v) is 7.96. The van der Waals surface area contributed by atoms with Gasteiger partial charge in [-0.1, -0.05) is 6.07 Å². The summed E-state index contributed by atoms with van der Waals surface area (Å²) in [5.41, 5.74) is -0.509. The number of anilines is 1. The van der Waals surface area contributed by atoms with Crippen LogP contribution in [-0.4, -0.2) is 66.3 Å². The summed E-state index contributed by atoms with van der Waals surface area (Å²) < 4.78 is 5.08. The zero-order chi connectivity index (χ0) is 19.5. The molecule has 1 aromatic carbocycles. The third kappa shape index (κ3) is 4.29. The average Bonchev–Trinajstić information content (AvgIpc) is 2.76. The highest BCUT2D eigenvalue weighted by Crippen LogP contribution is 2.17. The van der Waals surface area contributed by atoms with Gasteiger partial charge < -0.3 is 20.3 Å². The Morgan fingerprint density at radius 3 is 2.58 bits per heavy atom. The zero-order valence-corrected chi connectivity index (χ0v) is 15.2. The number of hydrogen-bond acceptors (Lipinski definition) is 5. The Kier molecular flexibility index (Phi) is 5.49. The minimum absolute atomic E-state index is 0.219. The molecule has 0 spiro atoms. The van der Waals surface area contributed by atoms with Crippen molar-refractivity contribution in [1.82, 2.24) is 15.1 Å². The molecule has 9 heteroatoms. The van der Waals surface area contributed by atoms with Gasteiger partial charge in [0, 0.05) is 18.8 Å². The number of benzene rings is 1. The number of methoxy groups -OCH3 is 1. The maximum Gasteiger partial charge on any atom is 0.325 e. The molecule has 1 aliphatic heterocycles. The summed E-state index contributed by atoms with van der Waals surface area (Å²) in [6.07, 6.45) is 0. The molecule has 1 aliphatic rings. The minimum atomic E-state index is -1.04. The molecule has 0 radical (unpaired) electrons. The van der Waals surface area contributed by atoms with Gasteiger partial charge >= 0.3 is 6.03 Å². The van der Waals surface area contributed by atoms with Crippen molar-refractivity contribution in [2.75, 3.05) is 32.6 Å². The standard InChI is InChI=1S/C17H22N4O5/c1-17(2)15(24)21(16(25)19-17)10-14(23)20(3)9-13(22)18-11-6-5-7-12(8-11)26-4/h5-8H,9-10H2,1-4H3,(H,18,22)(H,19,25). The van der Waals surface area contributed by atoms with Crippen LogP contribution in [0.2, 0.25) is 0 Å². The fourth-order valence-corrected chi connectivity index (χ4v) is 2.42. The number of ether oxygens (including phenoxy) is 1. The molecule has 1 saturated heterocycles. The highest BCUT2D eigenvalue weighted by molar-refractivity contribution is 6.08. The lowest BCUT2D eigenvalue weighted by atomic mass is 10.1. The monoisotopic (exact) mass is 362 g/mol. The Morgan fingerprint density at radius 1 is 1.31 bits per heavy atom. The summed E-state index contributed by atoms with van der Waals surface area (Å²) in [7, 11) is 2.95. The number of imide groups is 1. The van der Waals surface area contributed by atoms with E-state index in [0.29, 0.717) is 11.4 Å². The van der Waals surface area contributed by atoms with Crippen molar-refractivity contribution in [3.63, 3.8) is 0 Å². The van der Waals surface area contributed by atoms with Gasteiger partial charge in [-0.05, 0) is 26.0 Å². The van der Waals surface area contributed by atoms with E-state index < -0.39 is 35.8 Å². The van der Waals surface area contributed by atoms with E-state index in [-0.39, 0.29) is 6.54 Å².